The first-order chi connectivity index (χ1) is 9.95. The van der Waals surface area contributed by atoms with E-state index >= 15 is 0 Å². The van der Waals surface area contributed by atoms with E-state index < -0.39 is 10.1 Å². The quantitative estimate of drug-likeness (QED) is 0.293. The van der Waals surface area contributed by atoms with Gasteiger partial charge in [-0.15, -0.1) is 0 Å². The molecular weight excluding hydrogens is 313 g/mol. The molecule has 0 amide bonds. The van der Waals surface area contributed by atoms with Crippen molar-refractivity contribution in [2.24, 2.45) is 4.99 Å². The van der Waals surface area contributed by atoms with Crippen LogP contribution in [-0.2, 0) is 10.1 Å². The van der Waals surface area contributed by atoms with Gasteiger partial charge in [-0.3, -0.25) is 9.55 Å². The van der Waals surface area contributed by atoms with Crippen LogP contribution in [-0.4, -0.2) is 25.7 Å². The molecule has 0 fully saturated rings. The summed E-state index contributed by atoms with van der Waals surface area (Å²) in [6.45, 7) is 2.78. The third kappa shape index (κ3) is 8.29. The topological polar surface area (TPSA) is 89.8 Å². The van der Waals surface area contributed by atoms with Gasteiger partial charge >= 0.3 is 29.6 Å². The van der Waals surface area contributed by atoms with Crippen LogP contribution in [0.5, 0.6) is 5.75 Å². The molecule has 0 saturated carbocycles. The summed E-state index contributed by atoms with van der Waals surface area (Å²) >= 11 is 0. The Bertz CT molecular complexity index is 573. The van der Waals surface area contributed by atoms with Crippen LogP contribution in [0.1, 0.15) is 51.0 Å². The van der Waals surface area contributed by atoms with Crippen LogP contribution in [0.3, 0.4) is 0 Å². The maximum Gasteiger partial charge on any atom is 1.00 e. The Kier molecular flexibility index (Phi) is 11.0. The molecule has 7 heteroatoms. The second kappa shape index (κ2) is 11.2. The van der Waals surface area contributed by atoms with Crippen molar-refractivity contribution in [2.75, 3.05) is 6.54 Å². The van der Waals surface area contributed by atoms with E-state index in [1.165, 1.54) is 31.9 Å². The standard InChI is InChI=1S/C15H23NO4S.Na/c1-2-3-4-5-6-7-10-16-12-13-11-14(21(18,19)20)8-9-15(13)17;/h8-9,11-12,17H,2-7,10H2,1H3,(H,18,19,20);/q;+1/p-1. The molecule has 22 heavy (non-hydrogen) atoms. The van der Waals surface area contributed by atoms with Crippen LogP contribution in [0.25, 0.3) is 0 Å². The minimum absolute atomic E-state index is 0. The van der Waals surface area contributed by atoms with E-state index in [9.17, 15) is 13.5 Å². The van der Waals surface area contributed by atoms with Crippen LogP contribution in [0.2, 0.25) is 0 Å². The summed E-state index contributed by atoms with van der Waals surface area (Å²) in [6, 6.07) is 3.35. The monoisotopic (exact) mass is 335 g/mol. The summed E-state index contributed by atoms with van der Waals surface area (Å²) < 4.78 is 31.0. The number of nitrogens with zero attached hydrogens (tertiary/aromatic N) is 1. The fraction of sp³-hybridized carbons (Fsp3) is 0.533. The molecule has 5 nitrogen and oxygen atoms in total. The predicted molar refractivity (Wildman–Crippen MR) is 81.5 cm³/mol. The van der Waals surface area contributed by atoms with Crippen LogP contribution in [0, 0.1) is 0 Å². The molecule has 1 aromatic carbocycles. The molecule has 0 unspecified atom stereocenters. The fourth-order valence-electron chi connectivity index (χ4n) is 1.93. The average molecular weight is 335 g/mol. The van der Waals surface area contributed by atoms with Gasteiger partial charge in [0.15, 0.2) is 0 Å². The third-order valence-corrected chi connectivity index (χ3v) is 4.00. The number of rotatable bonds is 9. The number of unbranched alkanes of at least 4 members (excludes halogenated alkanes) is 5. The zero-order chi connectivity index (χ0) is 15.7. The van der Waals surface area contributed by atoms with Crippen LogP contribution >= 0.6 is 0 Å². The molecule has 118 valence electrons. The molecule has 0 aliphatic heterocycles. The van der Waals surface area contributed by atoms with Crippen molar-refractivity contribution < 1.29 is 47.6 Å². The normalized spacial score (nSPS) is 11.5. The Labute approximate surface area is 154 Å². The maximum absolute atomic E-state index is 11.6. The molecule has 0 bridgehead atoms. The summed E-state index contributed by atoms with van der Waals surface area (Å²) in [4.78, 5) is 3.85. The van der Waals surface area contributed by atoms with E-state index in [1.807, 2.05) is 0 Å². The Morgan fingerprint density at radius 1 is 1.18 bits per heavy atom. The molecule has 0 spiro atoms. The molecule has 1 N–H and O–H groups in total. The van der Waals surface area contributed by atoms with Crippen molar-refractivity contribution in [3.8, 4) is 5.75 Å². The molecule has 0 aromatic heterocycles. The van der Waals surface area contributed by atoms with Gasteiger partial charge in [0.1, 0.15) is 0 Å². The average Bonchev–Trinajstić information content (AvgIpc) is 2.42. The smallest absolute Gasteiger partial charge is 0.872 e. The second-order valence-corrected chi connectivity index (χ2v) is 6.40. The predicted octanol–water partition coefficient (Wildman–Crippen LogP) is -0.210. The Morgan fingerprint density at radius 3 is 2.45 bits per heavy atom. The van der Waals surface area contributed by atoms with Crippen molar-refractivity contribution in [2.45, 2.75) is 50.3 Å². The molecule has 0 atom stereocenters. The number of hydrogen-bond acceptors (Lipinski definition) is 4. The van der Waals surface area contributed by atoms with Gasteiger partial charge in [-0.25, -0.2) is 0 Å². The van der Waals surface area contributed by atoms with Gasteiger partial charge < -0.3 is 5.11 Å². The molecule has 0 aliphatic carbocycles. The van der Waals surface area contributed by atoms with Crippen molar-refractivity contribution in [3.05, 3.63) is 23.8 Å². The summed E-state index contributed by atoms with van der Waals surface area (Å²) in [5.41, 5.74) is 0.177. The molecule has 0 aliphatic rings. The van der Waals surface area contributed by atoms with E-state index in [4.69, 9.17) is 4.55 Å². The maximum atomic E-state index is 11.6. The van der Waals surface area contributed by atoms with Crippen molar-refractivity contribution in [3.63, 3.8) is 0 Å². The Balaban J connectivity index is 0.00000441. The zero-order valence-electron chi connectivity index (χ0n) is 13.3. The zero-order valence-corrected chi connectivity index (χ0v) is 16.1. The van der Waals surface area contributed by atoms with Gasteiger partial charge in [-0.2, -0.15) is 8.42 Å². The van der Waals surface area contributed by atoms with Crippen LogP contribution in [0.15, 0.2) is 28.1 Å². The fourth-order valence-corrected chi connectivity index (χ4v) is 2.45. The largest absolute Gasteiger partial charge is 1.00 e. The molecular formula is C15H22NNaO4S. The first-order valence-corrected chi connectivity index (χ1v) is 8.67. The molecule has 1 aromatic rings. The SMILES string of the molecule is CCCCCCCCN=Cc1cc(S(=O)(=O)O)ccc1[O-].[Na+]. The van der Waals surface area contributed by atoms with Gasteiger partial charge in [-0.1, -0.05) is 50.8 Å². The van der Waals surface area contributed by atoms with Gasteiger partial charge in [0.25, 0.3) is 10.1 Å². The first kappa shape index (κ1) is 21.6. The molecule has 0 saturated heterocycles. The van der Waals surface area contributed by atoms with Gasteiger partial charge in [-0.05, 0) is 24.1 Å². The Morgan fingerprint density at radius 2 is 1.82 bits per heavy atom. The summed E-state index contributed by atoms with van der Waals surface area (Å²) in [6.07, 6.45) is 8.33. The van der Waals surface area contributed by atoms with Gasteiger partial charge in [0, 0.05) is 12.8 Å². The molecule has 0 radical (unpaired) electrons. The number of hydrogen-bond donors (Lipinski definition) is 1. The van der Waals surface area contributed by atoms with Crippen LogP contribution < -0.4 is 34.7 Å². The van der Waals surface area contributed by atoms with E-state index in [0.29, 0.717) is 6.54 Å². The first-order valence-electron chi connectivity index (χ1n) is 7.23. The third-order valence-electron chi connectivity index (χ3n) is 3.15. The minimum Gasteiger partial charge on any atom is -0.872 e. The van der Waals surface area contributed by atoms with Crippen molar-refractivity contribution >= 4 is 16.3 Å². The summed E-state index contributed by atoms with van der Waals surface area (Å²) in [7, 11) is -4.29. The van der Waals surface area contributed by atoms with Crippen LogP contribution in [0.4, 0.5) is 0 Å². The van der Waals surface area contributed by atoms with E-state index in [0.717, 1.165) is 31.0 Å². The van der Waals surface area contributed by atoms with E-state index in [2.05, 4.69) is 11.9 Å². The summed E-state index contributed by atoms with van der Waals surface area (Å²) in [5.74, 6) is -0.311. The van der Waals surface area contributed by atoms with E-state index in [1.54, 1.807) is 0 Å². The number of benzene rings is 1. The van der Waals surface area contributed by atoms with E-state index in [-0.39, 0.29) is 45.8 Å². The minimum atomic E-state index is -4.29. The number of aliphatic imine (C=N–C) groups is 1. The molecule has 0 heterocycles. The van der Waals surface area contributed by atoms with Gasteiger partial charge in [0.05, 0.1) is 4.90 Å². The molecule has 1 rings (SSSR count). The van der Waals surface area contributed by atoms with Crippen molar-refractivity contribution in [1.82, 2.24) is 0 Å². The van der Waals surface area contributed by atoms with Crippen molar-refractivity contribution in [1.29, 1.82) is 0 Å². The second-order valence-electron chi connectivity index (χ2n) is 4.98. The summed E-state index contributed by atoms with van der Waals surface area (Å²) in [5, 5.41) is 11.6. The Hall–Kier alpha value is -0.400. The van der Waals surface area contributed by atoms with Gasteiger partial charge in [0.2, 0.25) is 0 Å².